The first-order valence-corrected chi connectivity index (χ1v) is 6.59. The summed E-state index contributed by atoms with van der Waals surface area (Å²) in [6.07, 6.45) is 6.16. The molecule has 0 bridgehead atoms. The quantitative estimate of drug-likeness (QED) is 0.852. The van der Waals surface area contributed by atoms with Crippen LogP contribution in [0.15, 0.2) is 12.4 Å². The molecule has 0 aromatic carbocycles. The number of aromatic nitrogens is 2. The third kappa shape index (κ3) is 2.38. The minimum atomic E-state index is -0.117. The zero-order valence-corrected chi connectivity index (χ0v) is 11.1. The van der Waals surface area contributed by atoms with Crippen molar-refractivity contribution in [3.63, 3.8) is 0 Å². The molecule has 1 N–H and O–H groups in total. The SMILES string of the molecule is CCNC(c1nccn1CC)C1(C)CCCO1. The Bertz CT molecular complexity index is 355. The van der Waals surface area contributed by atoms with Gasteiger partial charge in [0, 0.05) is 25.5 Å². The van der Waals surface area contributed by atoms with Gasteiger partial charge in [-0.05, 0) is 33.2 Å². The van der Waals surface area contributed by atoms with Crippen LogP contribution in [0.5, 0.6) is 0 Å². The van der Waals surface area contributed by atoms with Crippen molar-refractivity contribution >= 4 is 0 Å². The Morgan fingerprint density at radius 1 is 1.59 bits per heavy atom. The maximum Gasteiger partial charge on any atom is 0.128 e. The summed E-state index contributed by atoms with van der Waals surface area (Å²) in [4.78, 5) is 4.52. The van der Waals surface area contributed by atoms with E-state index in [-0.39, 0.29) is 11.6 Å². The molecule has 1 aromatic heterocycles. The molecule has 4 nitrogen and oxygen atoms in total. The number of rotatable bonds is 5. The molecule has 1 saturated heterocycles. The molecule has 17 heavy (non-hydrogen) atoms. The lowest BCUT2D eigenvalue weighted by Crippen LogP contribution is -2.42. The van der Waals surface area contributed by atoms with Crippen molar-refractivity contribution in [1.82, 2.24) is 14.9 Å². The van der Waals surface area contributed by atoms with Crippen molar-refractivity contribution in [2.75, 3.05) is 13.2 Å². The lowest BCUT2D eigenvalue weighted by atomic mass is 9.92. The van der Waals surface area contributed by atoms with Crippen LogP contribution in [-0.4, -0.2) is 28.3 Å². The summed E-state index contributed by atoms with van der Waals surface area (Å²) in [7, 11) is 0. The van der Waals surface area contributed by atoms with Gasteiger partial charge in [0.1, 0.15) is 5.82 Å². The second-order valence-corrected chi connectivity index (χ2v) is 4.83. The summed E-state index contributed by atoms with van der Waals surface area (Å²) in [6, 6.07) is 0.185. The van der Waals surface area contributed by atoms with Crippen LogP contribution in [0.2, 0.25) is 0 Å². The number of nitrogens with zero attached hydrogens (tertiary/aromatic N) is 2. The molecular formula is C13H23N3O. The Balaban J connectivity index is 2.28. The third-order valence-corrected chi connectivity index (χ3v) is 3.61. The van der Waals surface area contributed by atoms with Crippen molar-refractivity contribution in [2.45, 2.75) is 51.8 Å². The van der Waals surface area contributed by atoms with Gasteiger partial charge in [0.2, 0.25) is 0 Å². The molecule has 2 atom stereocenters. The number of aryl methyl sites for hydroxylation is 1. The van der Waals surface area contributed by atoms with Crippen LogP contribution in [0, 0.1) is 0 Å². The molecule has 1 aliphatic heterocycles. The highest BCUT2D eigenvalue weighted by atomic mass is 16.5. The number of hydrogen-bond donors (Lipinski definition) is 1. The third-order valence-electron chi connectivity index (χ3n) is 3.61. The number of likely N-dealkylation sites (N-methyl/N-ethyl adjacent to an activating group) is 1. The Morgan fingerprint density at radius 3 is 3.00 bits per heavy atom. The van der Waals surface area contributed by atoms with E-state index < -0.39 is 0 Å². The van der Waals surface area contributed by atoms with Gasteiger partial charge in [0.15, 0.2) is 0 Å². The highest BCUT2D eigenvalue weighted by Crippen LogP contribution is 2.36. The van der Waals surface area contributed by atoms with Gasteiger partial charge in [-0.25, -0.2) is 4.98 Å². The van der Waals surface area contributed by atoms with E-state index in [1.165, 1.54) is 0 Å². The van der Waals surface area contributed by atoms with Crippen LogP contribution in [0.3, 0.4) is 0 Å². The standard InChI is InChI=1S/C13H23N3O/c1-4-14-11(13(3)7-6-10-17-13)12-15-8-9-16(12)5-2/h8-9,11,14H,4-7,10H2,1-3H3. The molecule has 0 radical (unpaired) electrons. The molecule has 0 amide bonds. The van der Waals surface area contributed by atoms with Gasteiger partial charge in [-0.1, -0.05) is 6.92 Å². The highest BCUT2D eigenvalue weighted by Gasteiger charge is 2.40. The number of hydrogen-bond acceptors (Lipinski definition) is 3. The van der Waals surface area contributed by atoms with E-state index in [2.05, 4.69) is 35.6 Å². The monoisotopic (exact) mass is 237 g/mol. The summed E-state index contributed by atoms with van der Waals surface area (Å²) in [5.41, 5.74) is -0.117. The summed E-state index contributed by atoms with van der Waals surface area (Å²) in [6.45, 7) is 9.22. The van der Waals surface area contributed by atoms with Crippen molar-refractivity contribution < 1.29 is 4.74 Å². The van der Waals surface area contributed by atoms with E-state index in [1.54, 1.807) is 0 Å². The van der Waals surface area contributed by atoms with E-state index in [1.807, 2.05) is 12.4 Å². The zero-order chi connectivity index (χ0) is 12.3. The van der Waals surface area contributed by atoms with Gasteiger partial charge in [0.05, 0.1) is 11.6 Å². The molecule has 1 aliphatic rings. The zero-order valence-electron chi connectivity index (χ0n) is 11.1. The van der Waals surface area contributed by atoms with Crippen LogP contribution in [0.25, 0.3) is 0 Å². The summed E-state index contributed by atoms with van der Waals surface area (Å²) >= 11 is 0. The van der Waals surface area contributed by atoms with Crippen LogP contribution in [0.4, 0.5) is 0 Å². The van der Waals surface area contributed by atoms with E-state index in [9.17, 15) is 0 Å². The first kappa shape index (κ1) is 12.6. The fourth-order valence-electron chi connectivity index (χ4n) is 2.66. The first-order valence-electron chi connectivity index (χ1n) is 6.59. The van der Waals surface area contributed by atoms with Gasteiger partial charge in [-0.2, -0.15) is 0 Å². The van der Waals surface area contributed by atoms with Crippen LogP contribution in [-0.2, 0) is 11.3 Å². The normalized spacial score (nSPS) is 26.3. The van der Waals surface area contributed by atoms with Crippen LogP contribution in [0.1, 0.15) is 45.5 Å². The van der Waals surface area contributed by atoms with Gasteiger partial charge >= 0.3 is 0 Å². The molecule has 2 rings (SSSR count). The van der Waals surface area contributed by atoms with Crippen molar-refractivity contribution in [2.24, 2.45) is 0 Å². The average molecular weight is 237 g/mol. The maximum atomic E-state index is 5.96. The molecule has 2 unspecified atom stereocenters. The Labute approximate surface area is 103 Å². The van der Waals surface area contributed by atoms with Crippen molar-refractivity contribution in [3.8, 4) is 0 Å². The lowest BCUT2D eigenvalue weighted by molar-refractivity contribution is -0.0153. The second-order valence-electron chi connectivity index (χ2n) is 4.83. The van der Waals surface area contributed by atoms with Crippen molar-refractivity contribution in [1.29, 1.82) is 0 Å². The lowest BCUT2D eigenvalue weighted by Gasteiger charge is -2.33. The molecule has 0 saturated carbocycles. The fourth-order valence-corrected chi connectivity index (χ4v) is 2.66. The maximum absolute atomic E-state index is 5.96. The summed E-state index contributed by atoms with van der Waals surface area (Å²) < 4.78 is 8.16. The van der Waals surface area contributed by atoms with Crippen LogP contribution < -0.4 is 5.32 Å². The minimum Gasteiger partial charge on any atom is -0.373 e. The van der Waals surface area contributed by atoms with E-state index >= 15 is 0 Å². The van der Waals surface area contributed by atoms with Gasteiger partial charge in [0.25, 0.3) is 0 Å². The molecule has 1 aromatic rings. The van der Waals surface area contributed by atoms with Gasteiger partial charge < -0.3 is 14.6 Å². The number of ether oxygens (including phenoxy) is 1. The molecule has 1 fully saturated rings. The van der Waals surface area contributed by atoms with E-state index in [0.29, 0.717) is 0 Å². The van der Waals surface area contributed by atoms with Gasteiger partial charge in [-0.3, -0.25) is 0 Å². The first-order chi connectivity index (χ1) is 8.21. The molecule has 0 spiro atoms. The van der Waals surface area contributed by atoms with Gasteiger partial charge in [-0.15, -0.1) is 0 Å². The van der Waals surface area contributed by atoms with Crippen molar-refractivity contribution in [3.05, 3.63) is 18.2 Å². The number of nitrogens with one attached hydrogen (secondary N) is 1. The summed E-state index contributed by atoms with van der Waals surface area (Å²) in [5, 5.41) is 3.53. The van der Waals surface area contributed by atoms with E-state index in [4.69, 9.17) is 4.74 Å². The number of imidazole rings is 1. The topological polar surface area (TPSA) is 39.1 Å². The molecular weight excluding hydrogens is 214 g/mol. The predicted octanol–water partition coefficient (Wildman–Crippen LogP) is 2.12. The molecule has 4 heteroatoms. The van der Waals surface area contributed by atoms with Crippen LogP contribution >= 0.6 is 0 Å². The largest absolute Gasteiger partial charge is 0.373 e. The molecule has 0 aliphatic carbocycles. The average Bonchev–Trinajstić information content (AvgIpc) is 2.95. The minimum absolute atomic E-state index is 0.117. The fraction of sp³-hybridized carbons (Fsp3) is 0.769. The molecule has 96 valence electrons. The van der Waals surface area contributed by atoms with E-state index in [0.717, 1.165) is 38.4 Å². The molecule has 2 heterocycles. The Kier molecular flexibility index (Phi) is 3.84. The summed E-state index contributed by atoms with van der Waals surface area (Å²) in [5.74, 6) is 1.10. The Hall–Kier alpha value is -0.870. The highest BCUT2D eigenvalue weighted by molar-refractivity contribution is 5.08. The smallest absolute Gasteiger partial charge is 0.128 e. The Morgan fingerprint density at radius 2 is 2.41 bits per heavy atom. The second kappa shape index (κ2) is 5.19. The predicted molar refractivity (Wildman–Crippen MR) is 67.9 cm³/mol.